The molecule has 2 rings (SSSR count). The smallest absolute Gasteiger partial charge is 0.220 e. The van der Waals surface area contributed by atoms with Crippen LogP contribution in [0, 0.1) is 6.92 Å². The number of nitrogens with zero attached hydrogens (tertiary/aromatic N) is 2. The number of ether oxygens (including phenoxy) is 1. The van der Waals surface area contributed by atoms with Crippen molar-refractivity contribution in [3.05, 3.63) is 40.0 Å². The van der Waals surface area contributed by atoms with Gasteiger partial charge in [-0.3, -0.25) is 0 Å². The van der Waals surface area contributed by atoms with Crippen LogP contribution in [-0.2, 0) is 6.42 Å². The van der Waals surface area contributed by atoms with Gasteiger partial charge in [-0.15, -0.1) is 0 Å². The molecule has 1 aromatic heterocycles. The highest BCUT2D eigenvalue weighted by molar-refractivity contribution is 9.10. The Morgan fingerprint density at radius 3 is 2.72 bits per heavy atom. The maximum atomic E-state index is 9.10. The highest BCUT2D eigenvalue weighted by Gasteiger charge is 2.17. The molecule has 5 heteroatoms. The van der Waals surface area contributed by atoms with Crippen molar-refractivity contribution in [2.24, 2.45) is 0 Å². The summed E-state index contributed by atoms with van der Waals surface area (Å²) in [6.45, 7) is 2.00. The highest BCUT2D eigenvalue weighted by atomic mass is 79.9. The number of rotatable bonds is 4. The second-order valence-corrected chi connectivity index (χ2v) is 4.76. The summed E-state index contributed by atoms with van der Waals surface area (Å²) in [5, 5.41) is 13.6. The van der Waals surface area contributed by atoms with Crippen LogP contribution in [-0.4, -0.2) is 28.6 Å². The van der Waals surface area contributed by atoms with E-state index >= 15 is 0 Å². The van der Waals surface area contributed by atoms with Crippen LogP contribution in [0.25, 0.3) is 5.69 Å². The summed E-state index contributed by atoms with van der Waals surface area (Å²) in [6.07, 6.45) is 0.541. The first-order valence-corrected chi connectivity index (χ1v) is 6.46. The number of methoxy groups -OCH3 is 1. The van der Waals surface area contributed by atoms with E-state index in [0.717, 1.165) is 21.4 Å². The molecule has 1 heterocycles. The van der Waals surface area contributed by atoms with Crippen molar-refractivity contribution in [1.82, 2.24) is 9.78 Å². The van der Waals surface area contributed by atoms with E-state index in [1.54, 1.807) is 11.8 Å². The maximum Gasteiger partial charge on any atom is 0.220 e. The standard InChI is InChI=1S/C13H15BrN2O2/c1-9-10(7-8-17)13(18-2)16(15-9)12-6-4-3-5-11(12)14/h3-6,17H,7-8H2,1-2H3. The summed E-state index contributed by atoms with van der Waals surface area (Å²) in [7, 11) is 1.62. The number of hydrogen-bond acceptors (Lipinski definition) is 3. The molecule has 0 aliphatic rings. The zero-order valence-corrected chi connectivity index (χ0v) is 11.9. The Labute approximate surface area is 114 Å². The largest absolute Gasteiger partial charge is 0.481 e. The van der Waals surface area contributed by atoms with E-state index in [2.05, 4.69) is 21.0 Å². The Morgan fingerprint density at radius 1 is 1.39 bits per heavy atom. The van der Waals surface area contributed by atoms with E-state index in [4.69, 9.17) is 9.84 Å². The van der Waals surface area contributed by atoms with E-state index in [0.29, 0.717) is 12.3 Å². The molecule has 0 unspecified atom stereocenters. The van der Waals surface area contributed by atoms with E-state index < -0.39 is 0 Å². The van der Waals surface area contributed by atoms with E-state index in [1.165, 1.54) is 0 Å². The number of halogens is 1. The number of benzene rings is 1. The Balaban J connectivity index is 2.58. The minimum atomic E-state index is 0.0822. The molecule has 0 atom stereocenters. The molecular weight excluding hydrogens is 296 g/mol. The van der Waals surface area contributed by atoms with Crippen molar-refractivity contribution in [2.75, 3.05) is 13.7 Å². The van der Waals surface area contributed by atoms with E-state index in [1.807, 2.05) is 31.2 Å². The van der Waals surface area contributed by atoms with Gasteiger partial charge in [-0.25, -0.2) is 0 Å². The maximum absolute atomic E-state index is 9.10. The Morgan fingerprint density at radius 2 is 2.11 bits per heavy atom. The van der Waals surface area contributed by atoms with Crippen LogP contribution in [0.5, 0.6) is 5.88 Å². The summed E-state index contributed by atoms with van der Waals surface area (Å²) < 4.78 is 8.13. The Bertz CT molecular complexity index is 552. The second-order valence-electron chi connectivity index (χ2n) is 3.91. The van der Waals surface area contributed by atoms with Crippen molar-refractivity contribution in [3.8, 4) is 11.6 Å². The minimum absolute atomic E-state index is 0.0822. The average molecular weight is 311 g/mol. The number of aliphatic hydroxyl groups excluding tert-OH is 1. The molecule has 0 aliphatic carbocycles. The van der Waals surface area contributed by atoms with Crippen LogP contribution >= 0.6 is 15.9 Å². The summed E-state index contributed by atoms with van der Waals surface area (Å²) in [4.78, 5) is 0. The van der Waals surface area contributed by atoms with E-state index in [9.17, 15) is 0 Å². The molecule has 2 aromatic rings. The highest BCUT2D eigenvalue weighted by Crippen LogP contribution is 2.29. The summed E-state index contributed by atoms with van der Waals surface area (Å²) >= 11 is 3.50. The van der Waals surface area contributed by atoms with Gasteiger partial charge in [-0.05, 0) is 35.0 Å². The van der Waals surface area contributed by atoms with Crippen molar-refractivity contribution in [2.45, 2.75) is 13.3 Å². The van der Waals surface area contributed by atoms with Crippen molar-refractivity contribution < 1.29 is 9.84 Å². The summed E-state index contributed by atoms with van der Waals surface area (Å²) in [5.41, 5.74) is 2.73. The zero-order valence-electron chi connectivity index (χ0n) is 10.4. The molecule has 18 heavy (non-hydrogen) atoms. The third-order valence-electron chi connectivity index (χ3n) is 2.77. The molecule has 0 fully saturated rings. The third-order valence-corrected chi connectivity index (χ3v) is 3.44. The number of hydrogen-bond donors (Lipinski definition) is 1. The minimum Gasteiger partial charge on any atom is -0.481 e. The number of aryl methyl sites for hydroxylation is 1. The molecule has 0 saturated carbocycles. The van der Waals surface area contributed by atoms with Gasteiger partial charge in [0.05, 0.1) is 18.5 Å². The van der Waals surface area contributed by atoms with Crippen LogP contribution in [0.2, 0.25) is 0 Å². The van der Waals surface area contributed by atoms with Crippen molar-refractivity contribution >= 4 is 15.9 Å². The fraction of sp³-hybridized carbons (Fsp3) is 0.308. The van der Waals surface area contributed by atoms with Gasteiger partial charge in [0.2, 0.25) is 5.88 Å². The molecule has 1 aromatic carbocycles. The number of aliphatic hydroxyl groups is 1. The Hall–Kier alpha value is -1.33. The molecule has 0 saturated heterocycles. The van der Waals surface area contributed by atoms with Crippen LogP contribution in [0.15, 0.2) is 28.7 Å². The normalized spacial score (nSPS) is 10.7. The molecule has 0 aliphatic heterocycles. The molecule has 96 valence electrons. The molecule has 0 spiro atoms. The fourth-order valence-electron chi connectivity index (χ4n) is 1.93. The first-order chi connectivity index (χ1) is 8.69. The third kappa shape index (κ3) is 2.28. The van der Waals surface area contributed by atoms with Gasteiger partial charge in [0.1, 0.15) is 0 Å². The summed E-state index contributed by atoms with van der Waals surface area (Å²) in [5.74, 6) is 0.674. The first-order valence-electron chi connectivity index (χ1n) is 5.67. The van der Waals surface area contributed by atoms with Crippen LogP contribution in [0.4, 0.5) is 0 Å². The van der Waals surface area contributed by atoms with Gasteiger partial charge < -0.3 is 9.84 Å². The lowest BCUT2D eigenvalue weighted by molar-refractivity contribution is 0.295. The lowest BCUT2D eigenvalue weighted by Gasteiger charge is -2.09. The van der Waals surface area contributed by atoms with Gasteiger partial charge in [0.25, 0.3) is 0 Å². The van der Waals surface area contributed by atoms with Gasteiger partial charge in [-0.1, -0.05) is 12.1 Å². The molecule has 0 amide bonds. The second kappa shape index (κ2) is 5.54. The van der Waals surface area contributed by atoms with Crippen LogP contribution in [0.3, 0.4) is 0 Å². The quantitative estimate of drug-likeness (QED) is 0.944. The van der Waals surface area contributed by atoms with Gasteiger partial charge in [0.15, 0.2) is 0 Å². The molecule has 0 radical (unpaired) electrons. The monoisotopic (exact) mass is 310 g/mol. The Kier molecular flexibility index (Phi) is 4.04. The fourth-order valence-corrected chi connectivity index (χ4v) is 2.39. The number of aromatic nitrogens is 2. The lowest BCUT2D eigenvalue weighted by atomic mass is 10.2. The van der Waals surface area contributed by atoms with Gasteiger partial charge >= 0.3 is 0 Å². The van der Waals surface area contributed by atoms with Gasteiger partial charge in [-0.2, -0.15) is 9.78 Å². The lowest BCUT2D eigenvalue weighted by Crippen LogP contribution is -2.02. The molecular formula is C13H15BrN2O2. The number of para-hydroxylation sites is 1. The van der Waals surface area contributed by atoms with Crippen molar-refractivity contribution in [1.29, 1.82) is 0 Å². The van der Waals surface area contributed by atoms with Crippen molar-refractivity contribution in [3.63, 3.8) is 0 Å². The predicted octanol–water partition coefficient (Wildman–Crippen LogP) is 2.49. The molecule has 0 bridgehead atoms. The van der Waals surface area contributed by atoms with Crippen LogP contribution < -0.4 is 4.74 Å². The average Bonchev–Trinajstić information content (AvgIpc) is 2.67. The summed E-state index contributed by atoms with van der Waals surface area (Å²) in [6, 6.07) is 7.81. The van der Waals surface area contributed by atoms with Crippen LogP contribution in [0.1, 0.15) is 11.3 Å². The topological polar surface area (TPSA) is 47.3 Å². The zero-order chi connectivity index (χ0) is 13.1. The SMILES string of the molecule is COc1c(CCO)c(C)nn1-c1ccccc1Br. The van der Waals surface area contributed by atoms with E-state index in [-0.39, 0.29) is 6.61 Å². The van der Waals surface area contributed by atoms with Gasteiger partial charge in [0, 0.05) is 23.1 Å². The molecule has 4 nitrogen and oxygen atoms in total. The predicted molar refractivity (Wildman–Crippen MR) is 73.3 cm³/mol. The molecule has 1 N–H and O–H groups in total. The first kappa shape index (κ1) is 13.1.